The molecule has 0 aliphatic heterocycles. The molecule has 1 amide bonds. The highest BCUT2D eigenvalue weighted by atomic mass is 32.2. The lowest BCUT2D eigenvalue weighted by molar-refractivity contribution is -0.118. The number of sulfonamides is 1. The highest BCUT2D eigenvalue weighted by Gasteiger charge is 2.18. The van der Waals surface area contributed by atoms with Gasteiger partial charge >= 0.3 is 0 Å². The predicted molar refractivity (Wildman–Crippen MR) is 80.4 cm³/mol. The molecule has 0 aliphatic rings. The van der Waals surface area contributed by atoms with Crippen LogP contribution >= 0.6 is 0 Å². The first-order valence-electron chi connectivity index (χ1n) is 6.36. The molecule has 0 spiro atoms. The van der Waals surface area contributed by atoms with Gasteiger partial charge in [-0.25, -0.2) is 12.7 Å². The molecule has 7 nitrogen and oxygen atoms in total. The maximum absolute atomic E-state index is 12.0. The van der Waals surface area contributed by atoms with Gasteiger partial charge in [0.05, 0.1) is 17.4 Å². The van der Waals surface area contributed by atoms with Crippen LogP contribution in [-0.2, 0) is 19.6 Å². The molecule has 8 heteroatoms. The van der Waals surface area contributed by atoms with E-state index in [1.807, 2.05) is 0 Å². The molecule has 1 atom stereocenters. The van der Waals surface area contributed by atoms with Gasteiger partial charge in [0, 0.05) is 33.4 Å². The Morgan fingerprint density at radius 1 is 1.43 bits per heavy atom. The maximum Gasteiger partial charge on any atom is 0.242 e. The molecule has 0 saturated carbocycles. The van der Waals surface area contributed by atoms with Crippen LogP contribution in [0, 0.1) is 0 Å². The van der Waals surface area contributed by atoms with Crippen molar-refractivity contribution < 1.29 is 17.9 Å². The van der Waals surface area contributed by atoms with E-state index in [9.17, 15) is 13.2 Å². The van der Waals surface area contributed by atoms with E-state index in [1.165, 1.54) is 33.3 Å². The van der Waals surface area contributed by atoms with Crippen molar-refractivity contribution in [2.45, 2.75) is 17.4 Å². The lowest BCUT2D eigenvalue weighted by Gasteiger charge is -2.14. The van der Waals surface area contributed by atoms with Crippen LogP contribution in [0.3, 0.4) is 0 Å². The van der Waals surface area contributed by atoms with E-state index in [2.05, 4.69) is 5.32 Å². The van der Waals surface area contributed by atoms with E-state index >= 15 is 0 Å². The Hall–Kier alpha value is -1.48. The summed E-state index contributed by atoms with van der Waals surface area (Å²) < 4.78 is 30.2. The van der Waals surface area contributed by atoms with Gasteiger partial charge in [0.1, 0.15) is 0 Å². The molecule has 0 heterocycles. The highest BCUT2D eigenvalue weighted by Crippen LogP contribution is 2.18. The second-order valence-electron chi connectivity index (χ2n) is 4.66. The number of benzene rings is 1. The second kappa shape index (κ2) is 7.51. The van der Waals surface area contributed by atoms with Gasteiger partial charge in [-0.1, -0.05) is 6.07 Å². The minimum atomic E-state index is -3.53. The van der Waals surface area contributed by atoms with Gasteiger partial charge in [-0.2, -0.15) is 0 Å². The molecule has 0 fully saturated rings. The van der Waals surface area contributed by atoms with Crippen molar-refractivity contribution in [3.05, 3.63) is 24.3 Å². The van der Waals surface area contributed by atoms with Crippen molar-refractivity contribution in [1.82, 2.24) is 4.31 Å². The van der Waals surface area contributed by atoms with Gasteiger partial charge in [-0.15, -0.1) is 0 Å². The quantitative estimate of drug-likeness (QED) is 0.750. The standard InChI is InChI=1S/C13H21N3O4S/c1-16(2)21(18,19)12-6-4-5-10(7-12)15-13(17)8-11(9-14)20-3/h4-7,11H,8-9,14H2,1-3H3,(H,15,17). The number of carbonyl (C=O) groups is 1. The van der Waals surface area contributed by atoms with Crippen LogP contribution in [0.4, 0.5) is 5.69 Å². The zero-order valence-corrected chi connectivity index (χ0v) is 13.2. The average Bonchev–Trinajstić information content (AvgIpc) is 2.44. The smallest absolute Gasteiger partial charge is 0.242 e. The average molecular weight is 315 g/mol. The van der Waals surface area contributed by atoms with Gasteiger partial charge in [0.2, 0.25) is 15.9 Å². The second-order valence-corrected chi connectivity index (χ2v) is 6.81. The van der Waals surface area contributed by atoms with Crippen LogP contribution in [0.1, 0.15) is 6.42 Å². The van der Waals surface area contributed by atoms with Gasteiger partial charge in [0.25, 0.3) is 0 Å². The summed E-state index contributed by atoms with van der Waals surface area (Å²) in [6.45, 7) is 0.235. The number of hydrogen-bond donors (Lipinski definition) is 2. The predicted octanol–water partition coefficient (Wildman–Crippen LogP) is 0.239. The van der Waals surface area contributed by atoms with Crippen LogP contribution < -0.4 is 11.1 Å². The SMILES string of the molecule is COC(CN)CC(=O)Nc1cccc(S(=O)(=O)N(C)C)c1. The van der Waals surface area contributed by atoms with Crippen molar-refractivity contribution in [2.24, 2.45) is 5.73 Å². The molecule has 0 radical (unpaired) electrons. The summed E-state index contributed by atoms with van der Waals surface area (Å²) in [6, 6.07) is 6.08. The van der Waals surface area contributed by atoms with Gasteiger partial charge < -0.3 is 15.8 Å². The molecule has 0 aromatic heterocycles. The van der Waals surface area contributed by atoms with Crippen LogP contribution in [0.2, 0.25) is 0 Å². The van der Waals surface area contributed by atoms with E-state index < -0.39 is 10.0 Å². The van der Waals surface area contributed by atoms with Crippen LogP contribution in [-0.4, -0.2) is 52.5 Å². The number of carbonyl (C=O) groups excluding carboxylic acids is 1. The van der Waals surface area contributed by atoms with E-state index in [4.69, 9.17) is 10.5 Å². The number of methoxy groups -OCH3 is 1. The summed E-state index contributed by atoms with van der Waals surface area (Å²) in [5.74, 6) is -0.285. The van der Waals surface area contributed by atoms with E-state index in [1.54, 1.807) is 12.1 Å². The van der Waals surface area contributed by atoms with E-state index in [0.29, 0.717) is 5.69 Å². The van der Waals surface area contributed by atoms with Crippen molar-refractivity contribution in [2.75, 3.05) is 33.1 Å². The number of nitrogens with zero attached hydrogens (tertiary/aromatic N) is 1. The number of nitrogens with two attached hydrogens (primary N) is 1. The molecule has 21 heavy (non-hydrogen) atoms. The number of ether oxygens (including phenoxy) is 1. The zero-order chi connectivity index (χ0) is 16.0. The number of amides is 1. The third-order valence-electron chi connectivity index (χ3n) is 2.91. The number of rotatable bonds is 7. The Balaban J connectivity index is 2.85. The van der Waals surface area contributed by atoms with Gasteiger partial charge in [0.15, 0.2) is 0 Å². The number of anilines is 1. The topological polar surface area (TPSA) is 102 Å². The molecule has 1 rings (SSSR count). The Morgan fingerprint density at radius 2 is 2.10 bits per heavy atom. The molecule has 0 saturated heterocycles. The van der Waals surface area contributed by atoms with E-state index in [-0.39, 0.29) is 29.9 Å². The minimum Gasteiger partial charge on any atom is -0.380 e. The van der Waals surface area contributed by atoms with Crippen LogP contribution in [0.15, 0.2) is 29.2 Å². The summed E-state index contributed by atoms with van der Waals surface area (Å²) in [6.07, 6.45) is -0.254. The van der Waals surface area contributed by atoms with Gasteiger partial charge in [-0.3, -0.25) is 4.79 Å². The Kier molecular flexibility index (Phi) is 6.28. The minimum absolute atomic E-state index is 0.109. The number of nitrogens with one attached hydrogen (secondary N) is 1. The first-order chi connectivity index (χ1) is 9.81. The fraction of sp³-hybridized carbons (Fsp3) is 0.462. The summed E-state index contributed by atoms with van der Waals surface area (Å²) >= 11 is 0. The zero-order valence-electron chi connectivity index (χ0n) is 12.4. The molecular weight excluding hydrogens is 294 g/mol. The molecule has 118 valence electrons. The number of hydrogen-bond acceptors (Lipinski definition) is 5. The molecular formula is C13H21N3O4S. The lowest BCUT2D eigenvalue weighted by Crippen LogP contribution is -2.28. The monoisotopic (exact) mass is 315 g/mol. The normalized spacial score (nSPS) is 13.2. The Morgan fingerprint density at radius 3 is 2.62 bits per heavy atom. The molecule has 1 unspecified atom stereocenters. The van der Waals surface area contributed by atoms with Crippen LogP contribution in [0.25, 0.3) is 0 Å². The molecule has 0 bridgehead atoms. The van der Waals surface area contributed by atoms with Crippen LogP contribution in [0.5, 0.6) is 0 Å². The van der Waals surface area contributed by atoms with Crippen molar-refractivity contribution in [1.29, 1.82) is 0 Å². The van der Waals surface area contributed by atoms with Crippen molar-refractivity contribution in [3.63, 3.8) is 0 Å². The van der Waals surface area contributed by atoms with E-state index in [0.717, 1.165) is 4.31 Å². The third-order valence-corrected chi connectivity index (χ3v) is 4.72. The Labute approximate surface area is 125 Å². The largest absolute Gasteiger partial charge is 0.380 e. The highest BCUT2D eigenvalue weighted by molar-refractivity contribution is 7.89. The fourth-order valence-electron chi connectivity index (χ4n) is 1.63. The maximum atomic E-state index is 12.0. The van der Waals surface area contributed by atoms with Gasteiger partial charge in [-0.05, 0) is 18.2 Å². The summed E-state index contributed by atoms with van der Waals surface area (Å²) in [4.78, 5) is 11.9. The van der Waals surface area contributed by atoms with Crippen molar-refractivity contribution >= 4 is 21.6 Å². The first kappa shape index (κ1) is 17.6. The molecule has 0 aliphatic carbocycles. The lowest BCUT2D eigenvalue weighted by atomic mass is 10.2. The fourth-order valence-corrected chi connectivity index (χ4v) is 2.57. The molecule has 3 N–H and O–H groups in total. The third kappa shape index (κ3) is 4.78. The summed E-state index contributed by atoms with van der Waals surface area (Å²) in [5, 5.41) is 2.63. The summed E-state index contributed by atoms with van der Waals surface area (Å²) in [5.41, 5.74) is 5.86. The Bertz CT molecular complexity index is 583. The first-order valence-corrected chi connectivity index (χ1v) is 7.80. The van der Waals surface area contributed by atoms with Crippen molar-refractivity contribution in [3.8, 4) is 0 Å². The molecule has 1 aromatic carbocycles. The summed E-state index contributed by atoms with van der Waals surface area (Å²) in [7, 11) is 0.850. The molecule has 1 aromatic rings.